The van der Waals surface area contributed by atoms with Crippen LogP contribution >= 0.6 is 15.9 Å². The van der Waals surface area contributed by atoms with Crippen molar-refractivity contribution in [1.29, 1.82) is 0 Å². The van der Waals surface area contributed by atoms with Crippen LogP contribution in [0.1, 0.15) is 18.3 Å². The molecule has 0 saturated heterocycles. The highest BCUT2D eigenvalue weighted by atomic mass is 79.9. The number of nitrogens with one attached hydrogen (secondary N) is 1. The number of nitrogens with zero attached hydrogens (tertiary/aromatic N) is 4. The molecule has 1 aromatic heterocycles. The summed E-state index contributed by atoms with van der Waals surface area (Å²) in [4.78, 5) is 40.6. The van der Waals surface area contributed by atoms with Gasteiger partial charge in [0, 0.05) is 28.2 Å². The van der Waals surface area contributed by atoms with Crippen LogP contribution in [0.15, 0.2) is 75.0 Å². The Kier molecular flexibility index (Phi) is 7.68. The fraction of sp³-hybridized carbons (Fsp3) is 0.120. The number of anilines is 1. The molecule has 0 aliphatic rings. The molecule has 4 rings (SSSR count). The molecule has 0 spiro atoms. The second-order valence-electron chi connectivity index (χ2n) is 7.74. The second-order valence-corrected chi connectivity index (χ2v) is 8.65. The van der Waals surface area contributed by atoms with Gasteiger partial charge in [-0.3, -0.25) is 19.7 Å². The van der Waals surface area contributed by atoms with E-state index in [9.17, 15) is 24.1 Å². The summed E-state index contributed by atoms with van der Waals surface area (Å²) in [5, 5.41) is 18.7. The van der Waals surface area contributed by atoms with Gasteiger partial charge >= 0.3 is 5.69 Å². The van der Waals surface area contributed by atoms with Gasteiger partial charge in [0.1, 0.15) is 11.6 Å². The van der Waals surface area contributed by atoms with Crippen LogP contribution in [0.3, 0.4) is 0 Å². The molecule has 3 aromatic carbocycles. The monoisotopic (exact) mass is 567 g/mol. The van der Waals surface area contributed by atoms with Crippen molar-refractivity contribution in [3.05, 3.63) is 103 Å². The molecule has 0 saturated carbocycles. The molecule has 1 amide bonds. The number of carbonyl (C=O) groups excluding carboxylic acids is 1. The van der Waals surface area contributed by atoms with E-state index in [1.54, 1.807) is 18.2 Å². The third-order valence-corrected chi connectivity index (χ3v) is 5.65. The highest BCUT2D eigenvalue weighted by Gasteiger charge is 2.17. The number of hydrogen-bond donors (Lipinski definition) is 1. The first kappa shape index (κ1) is 25.6. The maximum Gasteiger partial charge on any atom is 0.311 e. The Labute approximate surface area is 217 Å². The zero-order valence-corrected chi connectivity index (χ0v) is 20.9. The zero-order chi connectivity index (χ0) is 26.5. The van der Waals surface area contributed by atoms with E-state index >= 15 is 0 Å². The first-order chi connectivity index (χ1) is 17.7. The van der Waals surface area contributed by atoms with Crippen molar-refractivity contribution in [2.75, 3.05) is 11.9 Å². The quantitative estimate of drug-likeness (QED) is 0.187. The van der Waals surface area contributed by atoms with E-state index < -0.39 is 28.9 Å². The molecule has 37 heavy (non-hydrogen) atoms. The molecule has 188 valence electrons. The minimum absolute atomic E-state index is 0.139. The van der Waals surface area contributed by atoms with Gasteiger partial charge < -0.3 is 10.1 Å². The number of halogens is 2. The highest BCUT2D eigenvalue weighted by molar-refractivity contribution is 9.10. The normalized spacial score (nSPS) is 11.1. The van der Waals surface area contributed by atoms with Crippen molar-refractivity contribution in [3.63, 3.8) is 0 Å². The van der Waals surface area contributed by atoms with Crippen molar-refractivity contribution < 1.29 is 18.8 Å². The maximum absolute atomic E-state index is 13.3. The zero-order valence-electron chi connectivity index (χ0n) is 19.4. The van der Waals surface area contributed by atoms with Crippen LogP contribution in [0.2, 0.25) is 0 Å². The van der Waals surface area contributed by atoms with Gasteiger partial charge in [0.25, 0.3) is 11.5 Å². The van der Waals surface area contributed by atoms with Crippen molar-refractivity contribution in [2.45, 2.75) is 13.3 Å². The molecular formula is C25H19BrFN5O5. The van der Waals surface area contributed by atoms with Crippen LogP contribution in [0.4, 0.5) is 15.8 Å². The third-order valence-electron chi connectivity index (χ3n) is 5.16. The second kappa shape index (κ2) is 11.1. The lowest BCUT2D eigenvalue weighted by atomic mass is 10.2. The molecule has 4 aromatic rings. The topological polar surface area (TPSA) is 129 Å². The number of hydrogen-bond acceptors (Lipinski definition) is 7. The summed E-state index contributed by atoms with van der Waals surface area (Å²) in [6, 6.07) is 14.5. The third kappa shape index (κ3) is 6.04. The van der Waals surface area contributed by atoms with Crippen molar-refractivity contribution in [3.8, 4) is 5.75 Å². The number of nitro groups is 1. The predicted molar refractivity (Wildman–Crippen MR) is 140 cm³/mol. The molecule has 0 fully saturated rings. The van der Waals surface area contributed by atoms with E-state index in [4.69, 9.17) is 4.74 Å². The summed E-state index contributed by atoms with van der Waals surface area (Å²) >= 11 is 3.34. The minimum Gasteiger partial charge on any atom is -0.477 e. The number of amides is 1. The van der Waals surface area contributed by atoms with Crippen LogP contribution in [0.25, 0.3) is 10.9 Å². The molecule has 0 bridgehead atoms. The molecule has 10 nitrogen and oxygen atoms in total. The van der Waals surface area contributed by atoms with Gasteiger partial charge in [-0.25, -0.2) is 9.37 Å². The summed E-state index contributed by atoms with van der Waals surface area (Å²) in [6.45, 7) is 1.30. The van der Waals surface area contributed by atoms with E-state index in [2.05, 4.69) is 31.3 Å². The average Bonchev–Trinajstić information content (AvgIpc) is 2.87. The fourth-order valence-electron chi connectivity index (χ4n) is 3.45. The van der Waals surface area contributed by atoms with Gasteiger partial charge in [-0.15, -0.1) is 0 Å². The molecule has 1 heterocycles. The molecule has 1 N–H and O–H groups in total. The van der Waals surface area contributed by atoms with Gasteiger partial charge in [0.05, 0.1) is 22.0 Å². The predicted octanol–water partition coefficient (Wildman–Crippen LogP) is 4.67. The molecule has 0 radical (unpaired) electrons. The summed E-state index contributed by atoms with van der Waals surface area (Å²) in [5.74, 6) is -0.852. The van der Waals surface area contributed by atoms with Crippen molar-refractivity contribution in [2.24, 2.45) is 5.10 Å². The first-order valence-corrected chi connectivity index (χ1v) is 11.8. The van der Waals surface area contributed by atoms with Crippen LogP contribution < -0.4 is 15.6 Å². The number of aryl methyl sites for hydroxylation is 1. The smallest absolute Gasteiger partial charge is 0.311 e. The molecule has 0 aliphatic heterocycles. The van der Waals surface area contributed by atoms with Gasteiger partial charge in [0.15, 0.2) is 12.4 Å². The van der Waals surface area contributed by atoms with Gasteiger partial charge in [-0.2, -0.15) is 9.78 Å². The number of fused-ring (bicyclic) bond motifs is 1. The number of benzene rings is 3. The van der Waals surface area contributed by atoms with Gasteiger partial charge in [-0.05, 0) is 48.5 Å². The van der Waals surface area contributed by atoms with Crippen molar-refractivity contribution >= 4 is 50.3 Å². The molecule has 0 unspecified atom stereocenters. The Morgan fingerprint density at radius 3 is 2.78 bits per heavy atom. The number of rotatable bonds is 8. The van der Waals surface area contributed by atoms with Crippen LogP contribution in [0, 0.1) is 15.9 Å². The van der Waals surface area contributed by atoms with Crippen LogP contribution in [0.5, 0.6) is 5.75 Å². The van der Waals surface area contributed by atoms with E-state index in [0.717, 1.165) is 15.2 Å². The average molecular weight is 568 g/mol. The number of aromatic nitrogens is 2. The molecule has 12 heteroatoms. The highest BCUT2D eigenvalue weighted by Crippen LogP contribution is 2.27. The number of nitro benzene ring substituents is 1. The Morgan fingerprint density at radius 1 is 1.24 bits per heavy atom. The van der Waals surface area contributed by atoms with E-state index in [1.807, 2.05) is 6.92 Å². The standard InChI is InChI=1S/C25H19BrFN5O5/c1-2-23-30-20-8-7-16(26)11-19(20)25(34)31(23)28-13-15-6-9-22(21(10-15)32(35)36)37-14-24(33)29-18-5-3-4-17(27)12-18/h3-13H,2,14H2,1H3,(H,29,33). The SMILES string of the molecule is CCc1nc2ccc(Br)cc2c(=O)n1N=Cc1ccc(OCC(=O)Nc2cccc(F)c2)c([N+](=O)[O-])c1. The Bertz CT molecular complexity index is 1600. The Morgan fingerprint density at radius 2 is 2.05 bits per heavy atom. The van der Waals surface area contributed by atoms with Gasteiger partial charge in [0.2, 0.25) is 0 Å². The van der Waals surface area contributed by atoms with Crippen LogP contribution in [-0.4, -0.2) is 33.3 Å². The molecule has 0 atom stereocenters. The van der Waals surface area contributed by atoms with E-state index in [-0.39, 0.29) is 17.0 Å². The minimum atomic E-state index is -0.657. The largest absolute Gasteiger partial charge is 0.477 e. The summed E-state index contributed by atoms with van der Waals surface area (Å²) in [5.41, 5.74) is 0.317. The Hall–Kier alpha value is -4.45. The van der Waals surface area contributed by atoms with Crippen molar-refractivity contribution in [1.82, 2.24) is 9.66 Å². The van der Waals surface area contributed by atoms with E-state index in [1.165, 1.54) is 42.6 Å². The first-order valence-electron chi connectivity index (χ1n) is 11.0. The summed E-state index contributed by atoms with van der Waals surface area (Å²) < 4.78 is 20.5. The summed E-state index contributed by atoms with van der Waals surface area (Å²) in [6.07, 6.45) is 1.74. The van der Waals surface area contributed by atoms with Gasteiger partial charge in [-0.1, -0.05) is 28.9 Å². The Balaban J connectivity index is 1.56. The van der Waals surface area contributed by atoms with Crippen LogP contribution in [-0.2, 0) is 11.2 Å². The summed E-state index contributed by atoms with van der Waals surface area (Å²) in [7, 11) is 0. The maximum atomic E-state index is 13.3. The lowest BCUT2D eigenvalue weighted by Gasteiger charge is -2.09. The fourth-order valence-corrected chi connectivity index (χ4v) is 3.81. The molecule has 0 aliphatic carbocycles. The number of ether oxygens (including phenoxy) is 1. The molecular weight excluding hydrogens is 549 g/mol. The van der Waals surface area contributed by atoms with E-state index in [0.29, 0.717) is 28.7 Å². The lowest BCUT2D eigenvalue weighted by molar-refractivity contribution is -0.385. The lowest BCUT2D eigenvalue weighted by Crippen LogP contribution is -2.22. The number of carbonyl (C=O) groups is 1.